The number of nitrogens with zero attached hydrogens (tertiary/aromatic N) is 3. The molecule has 0 radical (unpaired) electrons. The van der Waals surface area contributed by atoms with E-state index in [1.165, 1.54) is 23.2 Å². The molecule has 1 fully saturated rings. The van der Waals surface area contributed by atoms with Gasteiger partial charge < -0.3 is 73.2 Å². The molecule has 1 heterocycles. The zero-order valence-corrected chi connectivity index (χ0v) is 42.3. The Hall–Kier alpha value is -7.02. The Bertz CT molecular complexity index is 2160. The normalized spacial score (nSPS) is 15.2. The number of phenolic OH excluding ortho intramolecular Hbond substituents is 1. The number of unbranched alkanes of at least 4 members (excludes halogenated alkanes) is 1. The van der Waals surface area contributed by atoms with Gasteiger partial charge in [0.15, 0.2) is 0 Å². The van der Waals surface area contributed by atoms with Gasteiger partial charge in [-0.1, -0.05) is 56.3 Å². The van der Waals surface area contributed by atoms with Crippen LogP contribution in [0.5, 0.6) is 5.75 Å². The topological polar surface area (TPSA) is 371 Å². The fourth-order valence-corrected chi connectivity index (χ4v) is 7.66. The van der Waals surface area contributed by atoms with Crippen LogP contribution in [0.15, 0.2) is 64.7 Å². The third-order valence-corrected chi connectivity index (χ3v) is 11.6. The zero-order valence-electron chi connectivity index (χ0n) is 42.3. The van der Waals surface area contributed by atoms with Gasteiger partial charge in [-0.05, 0) is 54.9 Å². The predicted octanol–water partition coefficient (Wildman–Crippen LogP) is -1.38. The molecule has 24 nitrogen and oxygen atoms in total. The summed E-state index contributed by atoms with van der Waals surface area (Å²) in [6.07, 6.45) is 2.81. The molecule has 1 aliphatic heterocycles. The number of nitrogens with one attached hydrogen (secondary N) is 5. The number of hydrogen-bond acceptors (Lipinski definition) is 16. The Kier molecular flexibility index (Phi) is 28.5. The van der Waals surface area contributed by atoms with Gasteiger partial charge in [0.25, 0.3) is 0 Å². The lowest BCUT2D eigenvalue weighted by atomic mass is 10.00. The summed E-state index contributed by atoms with van der Waals surface area (Å²) < 4.78 is 15.9. The summed E-state index contributed by atoms with van der Waals surface area (Å²) >= 11 is 0. The first-order valence-electron chi connectivity index (χ1n) is 24.8. The number of phenols is 1. The van der Waals surface area contributed by atoms with E-state index in [0.717, 1.165) is 5.56 Å². The van der Waals surface area contributed by atoms with Gasteiger partial charge in [0, 0.05) is 58.0 Å². The highest BCUT2D eigenvalue weighted by atomic mass is 16.5. The smallest absolute Gasteiger partial charge is 0.246 e. The number of rotatable bonds is 36. The third kappa shape index (κ3) is 23.7. The number of aliphatic hydroxyl groups excluding tert-OH is 1. The maximum absolute atomic E-state index is 14.3. The molecule has 2 aromatic rings. The Morgan fingerprint density at radius 3 is 2.03 bits per heavy atom. The van der Waals surface area contributed by atoms with E-state index in [0.29, 0.717) is 76.7 Å². The van der Waals surface area contributed by atoms with Crippen molar-refractivity contribution >= 4 is 59.2 Å². The SMILES string of the molecule is CC(C)[C@H](NC(=O)[C@H](CC(N)=O)NC(=O)[C@@H]1CCCN1C(=O)[C@@H](Cc1ccc(O)cc1)NC(=O)CCCCN=CC(CCC(=O)NCCOCCOCCOCCO)=NN)C(=O)N[C@@H](Cc1ccccc1)C(N)=O. The lowest BCUT2D eigenvalue weighted by Crippen LogP contribution is -2.60. The van der Waals surface area contributed by atoms with Gasteiger partial charge in [-0.25, -0.2) is 0 Å². The number of nitrogens with two attached hydrogens (primary N) is 3. The molecule has 24 heteroatoms. The minimum atomic E-state index is -1.55. The molecule has 5 atom stereocenters. The minimum Gasteiger partial charge on any atom is -0.508 e. The van der Waals surface area contributed by atoms with Crippen molar-refractivity contribution in [3.63, 3.8) is 0 Å². The molecule has 0 spiro atoms. The second kappa shape index (κ2) is 34.4. The number of hydrazone groups is 1. The highest BCUT2D eigenvalue weighted by molar-refractivity contribution is 6.30. The van der Waals surface area contributed by atoms with E-state index in [1.807, 2.05) is 0 Å². The molecule has 0 saturated carbocycles. The maximum Gasteiger partial charge on any atom is 0.246 e. The number of hydrogen-bond donors (Lipinski definition) is 10. The zero-order chi connectivity index (χ0) is 54.3. The highest BCUT2D eigenvalue weighted by Gasteiger charge is 2.40. The summed E-state index contributed by atoms with van der Waals surface area (Å²) in [6.45, 7) is 6.07. The second-order valence-electron chi connectivity index (χ2n) is 17.8. The first-order valence-corrected chi connectivity index (χ1v) is 24.8. The van der Waals surface area contributed by atoms with Crippen molar-refractivity contribution in [3.05, 3.63) is 65.7 Å². The van der Waals surface area contributed by atoms with Crippen molar-refractivity contribution in [2.75, 3.05) is 65.9 Å². The van der Waals surface area contributed by atoms with E-state index in [4.69, 9.17) is 36.6 Å². The number of amides is 8. The van der Waals surface area contributed by atoms with Crippen LogP contribution < -0.4 is 43.9 Å². The Balaban J connectivity index is 1.55. The standard InChI is InChI=1S/C50H75N11O13/c1-33(2)45(49(70)57-38(46(52)67)29-34-9-4-3-5-10-34)59-47(68)39(31-42(51)64)58-48(69)41-11-8-21-61(41)50(71)40(30-35-13-16-37(63)17-14-35)56-44(66)12-6-7-19-54-32-36(60-53)15-18-43(65)55-20-23-72-25-27-74-28-26-73-24-22-62/h3-5,9-10,13-14,16-17,32-33,38-41,45,62-63H,6-8,11-12,15,18-31,53H2,1-2H3,(H2,51,64)(H2,52,67)(H,55,65)(H,56,66)(H,57,70)(H,58,69)(H,59,68)/t38-,39-,40+,41-,45-/m0/s1. The first-order chi connectivity index (χ1) is 35.5. The molecule has 8 amide bonds. The lowest BCUT2D eigenvalue weighted by molar-refractivity contribution is -0.142. The number of carbonyl (C=O) groups is 8. The number of aliphatic imine (C=N–C) groups is 1. The molecule has 13 N–H and O–H groups in total. The molecule has 0 aromatic heterocycles. The Labute approximate surface area is 431 Å². The van der Waals surface area contributed by atoms with Crippen LogP contribution >= 0.6 is 0 Å². The number of likely N-dealkylation sites (tertiary alicyclic amines) is 1. The van der Waals surface area contributed by atoms with Crippen LogP contribution in [0.3, 0.4) is 0 Å². The number of benzene rings is 2. The van der Waals surface area contributed by atoms with E-state index in [-0.39, 0.29) is 69.9 Å². The molecule has 0 bridgehead atoms. The van der Waals surface area contributed by atoms with Crippen molar-refractivity contribution in [2.24, 2.45) is 33.3 Å². The molecular weight excluding hydrogens is 963 g/mol. The summed E-state index contributed by atoms with van der Waals surface area (Å²) in [5.41, 5.74) is 12.9. The Morgan fingerprint density at radius 2 is 1.39 bits per heavy atom. The summed E-state index contributed by atoms with van der Waals surface area (Å²) in [5.74, 6) is -0.370. The van der Waals surface area contributed by atoms with Gasteiger partial charge in [0.2, 0.25) is 47.3 Å². The first kappa shape index (κ1) is 61.3. The number of carbonyl (C=O) groups excluding carboxylic acids is 8. The van der Waals surface area contributed by atoms with E-state index in [9.17, 15) is 43.5 Å². The summed E-state index contributed by atoms with van der Waals surface area (Å²) in [5, 5.41) is 35.6. The van der Waals surface area contributed by atoms with E-state index in [2.05, 4.69) is 36.7 Å². The van der Waals surface area contributed by atoms with Gasteiger partial charge in [0.1, 0.15) is 36.0 Å². The minimum absolute atomic E-state index is 0.00240. The van der Waals surface area contributed by atoms with Crippen molar-refractivity contribution in [3.8, 4) is 5.75 Å². The van der Waals surface area contributed by atoms with Crippen LogP contribution in [0.2, 0.25) is 0 Å². The lowest BCUT2D eigenvalue weighted by Gasteiger charge is -2.30. The van der Waals surface area contributed by atoms with Crippen molar-refractivity contribution < 1.29 is 62.8 Å². The van der Waals surface area contributed by atoms with Gasteiger partial charge in [0.05, 0.1) is 58.4 Å². The monoisotopic (exact) mass is 1040 g/mol. The van der Waals surface area contributed by atoms with Gasteiger partial charge in [-0.2, -0.15) is 5.10 Å². The van der Waals surface area contributed by atoms with Crippen LogP contribution in [0.4, 0.5) is 0 Å². The van der Waals surface area contributed by atoms with Gasteiger partial charge in [-0.3, -0.25) is 43.3 Å². The quantitative estimate of drug-likeness (QED) is 0.0163. The molecular formula is C50H75N11O13. The average molecular weight is 1040 g/mol. The largest absolute Gasteiger partial charge is 0.508 e. The summed E-state index contributed by atoms with van der Waals surface area (Å²) in [7, 11) is 0. The average Bonchev–Trinajstić information content (AvgIpc) is 3.87. The van der Waals surface area contributed by atoms with Crippen LogP contribution in [0.25, 0.3) is 0 Å². The highest BCUT2D eigenvalue weighted by Crippen LogP contribution is 2.21. The van der Waals surface area contributed by atoms with E-state index >= 15 is 0 Å². The molecule has 0 unspecified atom stereocenters. The number of primary amides is 2. The molecule has 74 heavy (non-hydrogen) atoms. The molecule has 2 aromatic carbocycles. The van der Waals surface area contributed by atoms with Crippen LogP contribution in [-0.2, 0) is 65.4 Å². The maximum atomic E-state index is 14.3. The van der Waals surface area contributed by atoms with E-state index < -0.39 is 83.9 Å². The molecule has 408 valence electrons. The predicted molar refractivity (Wildman–Crippen MR) is 273 cm³/mol. The van der Waals surface area contributed by atoms with Crippen LogP contribution in [0, 0.1) is 5.92 Å². The van der Waals surface area contributed by atoms with Crippen molar-refractivity contribution in [1.29, 1.82) is 0 Å². The number of aromatic hydroxyl groups is 1. The second-order valence-corrected chi connectivity index (χ2v) is 17.8. The van der Waals surface area contributed by atoms with Gasteiger partial charge >= 0.3 is 0 Å². The molecule has 3 rings (SSSR count). The number of aliphatic hydroxyl groups is 1. The van der Waals surface area contributed by atoms with E-state index in [1.54, 1.807) is 56.3 Å². The molecule has 0 aliphatic carbocycles. The van der Waals surface area contributed by atoms with Crippen molar-refractivity contribution in [2.45, 2.75) is 108 Å². The van der Waals surface area contributed by atoms with Crippen molar-refractivity contribution in [1.82, 2.24) is 31.5 Å². The fourth-order valence-electron chi connectivity index (χ4n) is 7.66. The van der Waals surface area contributed by atoms with Crippen LogP contribution in [-0.4, -0.2) is 170 Å². The molecule has 1 saturated heterocycles. The Morgan fingerprint density at radius 1 is 0.743 bits per heavy atom. The molecule has 1 aliphatic rings. The number of ether oxygens (including phenoxy) is 3. The van der Waals surface area contributed by atoms with Crippen LogP contribution in [0.1, 0.15) is 76.3 Å². The third-order valence-electron chi connectivity index (χ3n) is 11.6. The van der Waals surface area contributed by atoms with Gasteiger partial charge in [-0.15, -0.1) is 0 Å². The fraction of sp³-hybridized carbons (Fsp3) is 0.560. The summed E-state index contributed by atoms with van der Waals surface area (Å²) in [6, 6.07) is 8.82. The summed E-state index contributed by atoms with van der Waals surface area (Å²) in [4.78, 5) is 111.